The number of nitrogens with two attached hydrogens (primary N) is 1. The molecular formula is C13H21ClN2OS. The van der Waals surface area contributed by atoms with Crippen molar-refractivity contribution in [1.82, 2.24) is 0 Å². The highest BCUT2D eigenvalue weighted by Crippen LogP contribution is 2.15. The van der Waals surface area contributed by atoms with Crippen molar-refractivity contribution in [2.75, 3.05) is 24.0 Å². The van der Waals surface area contributed by atoms with Gasteiger partial charge in [-0.2, -0.15) is 11.8 Å². The zero-order valence-electron chi connectivity index (χ0n) is 11.1. The van der Waals surface area contributed by atoms with Crippen LogP contribution < -0.4 is 10.6 Å². The van der Waals surface area contributed by atoms with E-state index in [2.05, 4.69) is 0 Å². The molecule has 0 bridgehead atoms. The van der Waals surface area contributed by atoms with Gasteiger partial charge in [0.2, 0.25) is 5.91 Å². The number of benzene rings is 1. The number of likely N-dealkylation sites (N-methyl/N-ethyl adjacent to an activating group) is 1. The van der Waals surface area contributed by atoms with Crippen molar-refractivity contribution in [1.29, 1.82) is 0 Å². The standard InChI is InChI=1S/C13H20N2OS.ClH/c1-10-5-4-6-11(9-10)15(2)13(16)12(14)7-8-17-3;/h4-6,9,12H,7-8,14H2,1-3H3;1H/t12-;/m0./s1. The van der Waals surface area contributed by atoms with Gasteiger partial charge in [0.1, 0.15) is 0 Å². The van der Waals surface area contributed by atoms with E-state index in [9.17, 15) is 4.79 Å². The van der Waals surface area contributed by atoms with Crippen molar-refractivity contribution in [3.8, 4) is 0 Å². The number of hydrogen-bond donors (Lipinski definition) is 1. The van der Waals surface area contributed by atoms with Crippen molar-refractivity contribution >= 4 is 35.8 Å². The summed E-state index contributed by atoms with van der Waals surface area (Å²) in [6, 6.07) is 7.45. The molecule has 0 aliphatic rings. The zero-order valence-corrected chi connectivity index (χ0v) is 12.7. The highest BCUT2D eigenvalue weighted by atomic mass is 35.5. The fourth-order valence-corrected chi connectivity index (χ4v) is 2.07. The van der Waals surface area contributed by atoms with E-state index in [1.54, 1.807) is 23.7 Å². The van der Waals surface area contributed by atoms with Crippen LogP contribution in [0, 0.1) is 6.92 Å². The molecule has 1 amide bonds. The second kappa shape index (κ2) is 8.40. The lowest BCUT2D eigenvalue weighted by Crippen LogP contribution is -2.42. The monoisotopic (exact) mass is 288 g/mol. The van der Waals surface area contributed by atoms with Gasteiger partial charge >= 0.3 is 0 Å². The molecule has 0 spiro atoms. The van der Waals surface area contributed by atoms with Gasteiger partial charge in [0.25, 0.3) is 0 Å². The minimum Gasteiger partial charge on any atom is -0.320 e. The first kappa shape index (κ1) is 17.3. The number of nitrogens with zero attached hydrogens (tertiary/aromatic N) is 1. The van der Waals surface area contributed by atoms with Crippen LogP contribution in [0.1, 0.15) is 12.0 Å². The number of rotatable bonds is 5. The van der Waals surface area contributed by atoms with Crippen molar-refractivity contribution in [3.05, 3.63) is 29.8 Å². The van der Waals surface area contributed by atoms with E-state index in [1.165, 1.54) is 0 Å². The minimum atomic E-state index is -0.409. The predicted octanol–water partition coefficient (Wildman–Crippen LogP) is 2.46. The molecule has 1 rings (SSSR count). The molecule has 3 nitrogen and oxygen atoms in total. The van der Waals surface area contributed by atoms with E-state index < -0.39 is 6.04 Å². The lowest BCUT2D eigenvalue weighted by Gasteiger charge is -2.21. The van der Waals surface area contributed by atoms with E-state index in [1.807, 2.05) is 37.4 Å². The Morgan fingerprint density at radius 3 is 2.72 bits per heavy atom. The maximum atomic E-state index is 12.1. The summed E-state index contributed by atoms with van der Waals surface area (Å²) in [4.78, 5) is 13.7. The maximum absolute atomic E-state index is 12.1. The van der Waals surface area contributed by atoms with Gasteiger partial charge < -0.3 is 10.6 Å². The first-order valence-electron chi connectivity index (χ1n) is 5.65. The Kier molecular flexibility index (Phi) is 8.07. The number of hydrogen-bond acceptors (Lipinski definition) is 3. The molecule has 1 aromatic rings. The van der Waals surface area contributed by atoms with Crippen molar-refractivity contribution in [3.63, 3.8) is 0 Å². The molecule has 0 aliphatic carbocycles. The quantitative estimate of drug-likeness (QED) is 0.905. The Labute approximate surface area is 120 Å². The fraction of sp³-hybridized carbons (Fsp3) is 0.462. The molecule has 0 saturated heterocycles. The molecule has 2 N–H and O–H groups in total. The third-order valence-electron chi connectivity index (χ3n) is 2.67. The first-order valence-corrected chi connectivity index (χ1v) is 7.04. The van der Waals surface area contributed by atoms with Gasteiger partial charge in [-0.1, -0.05) is 12.1 Å². The van der Waals surface area contributed by atoms with Gasteiger partial charge in [-0.05, 0) is 43.0 Å². The smallest absolute Gasteiger partial charge is 0.243 e. The number of amides is 1. The van der Waals surface area contributed by atoms with E-state index in [-0.39, 0.29) is 18.3 Å². The summed E-state index contributed by atoms with van der Waals surface area (Å²) < 4.78 is 0. The molecule has 0 radical (unpaired) electrons. The molecule has 0 fully saturated rings. The van der Waals surface area contributed by atoms with Crippen LogP contribution in [0.3, 0.4) is 0 Å². The van der Waals surface area contributed by atoms with Gasteiger partial charge in [0.05, 0.1) is 6.04 Å². The second-order valence-electron chi connectivity index (χ2n) is 4.12. The van der Waals surface area contributed by atoms with Crippen LogP contribution in [0.4, 0.5) is 5.69 Å². The number of carbonyl (C=O) groups is 1. The number of thioether (sulfide) groups is 1. The van der Waals surface area contributed by atoms with Crippen LogP contribution in [0.15, 0.2) is 24.3 Å². The highest BCUT2D eigenvalue weighted by molar-refractivity contribution is 7.98. The molecule has 0 unspecified atom stereocenters. The summed E-state index contributed by atoms with van der Waals surface area (Å²) in [6.45, 7) is 2.01. The molecule has 1 aromatic carbocycles. The number of aryl methyl sites for hydroxylation is 1. The van der Waals surface area contributed by atoms with Crippen LogP contribution in [0.25, 0.3) is 0 Å². The van der Waals surface area contributed by atoms with Gasteiger partial charge in [0, 0.05) is 12.7 Å². The SMILES string of the molecule is CSCC[C@H](N)C(=O)N(C)c1cccc(C)c1.Cl. The molecule has 102 valence electrons. The van der Waals surface area contributed by atoms with Gasteiger partial charge in [-0.3, -0.25) is 4.79 Å². The highest BCUT2D eigenvalue weighted by Gasteiger charge is 2.18. The predicted molar refractivity (Wildman–Crippen MR) is 82.8 cm³/mol. The van der Waals surface area contributed by atoms with E-state index in [0.29, 0.717) is 0 Å². The lowest BCUT2D eigenvalue weighted by molar-refractivity contribution is -0.119. The number of halogens is 1. The van der Waals surface area contributed by atoms with Crippen LogP contribution >= 0.6 is 24.2 Å². The van der Waals surface area contributed by atoms with Crippen molar-refractivity contribution < 1.29 is 4.79 Å². The average molecular weight is 289 g/mol. The third kappa shape index (κ3) is 4.88. The van der Waals surface area contributed by atoms with Gasteiger partial charge in [-0.25, -0.2) is 0 Å². The van der Waals surface area contributed by atoms with E-state index >= 15 is 0 Å². The maximum Gasteiger partial charge on any atom is 0.243 e. The molecule has 0 heterocycles. The summed E-state index contributed by atoms with van der Waals surface area (Å²) in [5, 5.41) is 0. The number of anilines is 1. The summed E-state index contributed by atoms with van der Waals surface area (Å²) in [5.41, 5.74) is 7.91. The molecule has 0 saturated carbocycles. The van der Waals surface area contributed by atoms with Gasteiger partial charge in [-0.15, -0.1) is 12.4 Å². The summed E-state index contributed by atoms with van der Waals surface area (Å²) in [7, 11) is 1.77. The third-order valence-corrected chi connectivity index (χ3v) is 3.31. The molecule has 0 aromatic heterocycles. The normalized spacial score (nSPS) is 11.6. The van der Waals surface area contributed by atoms with Crippen LogP contribution in [0.2, 0.25) is 0 Å². The second-order valence-corrected chi connectivity index (χ2v) is 5.11. The molecular weight excluding hydrogens is 268 g/mol. The minimum absolute atomic E-state index is 0. The molecule has 5 heteroatoms. The van der Waals surface area contributed by atoms with E-state index in [4.69, 9.17) is 5.73 Å². The summed E-state index contributed by atoms with van der Waals surface area (Å²) in [5.74, 6) is 0.888. The van der Waals surface area contributed by atoms with Crippen LogP contribution in [0.5, 0.6) is 0 Å². The number of carbonyl (C=O) groups excluding carboxylic acids is 1. The zero-order chi connectivity index (χ0) is 12.8. The topological polar surface area (TPSA) is 46.3 Å². The van der Waals surface area contributed by atoms with Crippen LogP contribution in [-0.4, -0.2) is 31.0 Å². The Bertz CT molecular complexity index is 387. The van der Waals surface area contributed by atoms with Crippen molar-refractivity contribution in [2.45, 2.75) is 19.4 Å². The molecule has 18 heavy (non-hydrogen) atoms. The molecule has 0 aliphatic heterocycles. The average Bonchev–Trinajstić information content (AvgIpc) is 2.34. The van der Waals surface area contributed by atoms with Gasteiger partial charge in [0.15, 0.2) is 0 Å². The largest absolute Gasteiger partial charge is 0.320 e. The summed E-state index contributed by atoms with van der Waals surface area (Å²) in [6.07, 6.45) is 2.73. The Morgan fingerprint density at radius 2 is 2.17 bits per heavy atom. The summed E-state index contributed by atoms with van der Waals surface area (Å²) >= 11 is 1.71. The van der Waals surface area contributed by atoms with Crippen molar-refractivity contribution in [2.24, 2.45) is 5.73 Å². The Morgan fingerprint density at radius 1 is 1.50 bits per heavy atom. The fourth-order valence-electron chi connectivity index (χ4n) is 1.58. The van der Waals surface area contributed by atoms with Crippen LogP contribution in [-0.2, 0) is 4.79 Å². The molecule has 1 atom stereocenters. The first-order chi connectivity index (χ1) is 8.06. The van der Waals surface area contributed by atoms with E-state index in [0.717, 1.165) is 23.4 Å². The Hall–Kier alpha value is -0.710. The Balaban J connectivity index is 0.00000289. The lowest BCUT2D eigenvalue weighted by atomic mass is 10.1.